The minimum absolute atomic E-state index is 0.123. The molecule has 0 fully saturated rings. The quantitative estimate of drug-likeness (QED) is 0.477. The molecule has 3 unspecified atom stereocenters. The Bertz CT molecular complexity index is 579. The third-order valence-corrected chi connectivity index (χ3v) is 4.71. The zero-order valence-corrected chi connectivity index (χ0v) is 17.9. The van der Waals surface area contributed by atoms with Gasteiger partial charge in [-0.05, 0) is 47.0 Å². The van der Waals surface area contributed by atoms with Crippen molar-refractivity contribution in [3.63, 3.8) is 0 Å². The highest BCUT2D eigenvalue weighted by atomic mass is 16.6. The normalized spacial score (nSPS) is 15.2. The van der Waals surface area contributed by atoms with Crippen LogP contribution in [0.4, 0.5) is 0 Å². The lowest BCUT2D eigenvalue weighted by Gasteiger charge is -2.28. The fourth-order valence-electron chi connectivity index (χ4n) is 2.78. The zero-order valence-electron chi connectivity index (χ0n) is 17.9. The second-order valence-electron chi connectivity index (χ2n) is 8.69. The molecule has 0 bridgehead atoms. The van der Waals surface area contributed by atoms with E-state index in [0.717, 1.165) is 0 Å². The van der Waals surface area contributed by atoms with E-state index in [0.29, 0.717) is 6.42 Å². The summed E-state index contributed by atoms with van der Waals surface area (Å²) in [7, 11) is 0. The van der Waals surface area contributed by atoms with Crippen LogP contribution in [0.1, 0.15) is 67.7 Å². The van der Waals surface area contributed by atoms with E-state index < -0.39 is 52.6 Å². The van der Waals surface area contributed by atoms with Gasteiger partial charge in [0, 0.05) is 0 Å². The summed E-state index contributed by atoms with van der Waals surface area (Å²) in [5.74, 6) is -4.48. The third kappa shape index (κ3) is 8.27. The van der Waals surface area contributed by atoms with Crippen LogP contribution >= 0.6 is 0 Å². The molecule has 0 aliphatic rings. The Balaban J connectivity index is 4.81. The molecule has 0 aromatic heterocycles. The summed E-state index contributed by atoms with van der Waals surface area (Å²) in [6.45, 7) is 11.1. The van der Waals surface area contributed by atoms with Crippen LogP contribution in [-0.4, -0.2) is 46.8 Å². The second kappa shape index (κ2) is 10.4. The highest BCUT2D eigenvalue weighted by Crippen LogP contribution is 2.29. The maximum Gasteiger partial charge on any atom is 0.311 e. The predicted molar refractivity (Wildman–Crippen MR) is 102 cm³/mol. The van der Waals surface area contributed by atoms with Crippen molar-refractivity contribution in [1.29, 1.82) is 0 Å². The van der Waals surface area contributed by atoms with Gasteiger partial charge in [0.05, 0.1) is 22.7 Å². The minimum atomic E-state index is -0.995. The average molecular weight is 402 g/mol. The van der Waals surface area contributed by atoms with Crippen LogP contribution in [0.2, 0.25) is 0 Å². The van der Waals surface area contributed by atoms with Crippen molar-refractivity contribution in [2.75, 3.05) is 6.61 Å². The molecule has 28 heavy (non-hydrogen) atoms. The zero-order chi connectivity index (χ0) is 22.3. The molecule has 0 spiro atoms. The SMILES string of the molecule is CCC(COC(=O)C(C)(C)CC(C)C(=O)O)OC(=O)C(C)(C)CC(C)C(=O)O. The fraction of sp³-hybridized carbons (Fsp3) is 0.800. The lowest BCUT2D eigenvalue weighted by atomic mass is 9.83. The summed E-state index contributed by atoms with van der Waals surface area (Å²) in [6.07, 6.45) is -0.00574. The lowest BCUT2D eigenvalue weighted by molar-refractivity contribution is -0.172. The molecule has 2 N–H and O–H groups in total. The molecule has 0 aliphatic heterocycles. The molecular weight excluding hydrogens is 368 g/mol. The van der Waals surface area contributed by atoms with Gasteiger partial charge in [0.15, 0.2) is 0 Å². The molecule has 0 aromatic rings. The smallest absolute Gasteiger partial charge is 0.311 e. The van der Waals surface area contributed by atoms with Gasteiger partial charge in [-0.1, -0.05) is 20.8 Å². The standard InChI is InChI=1S/C20H34O8/c1-8-14(28-18(26)20(6,7)10-13(3)16(23)24)11-27-17(25)19(4,5)9-12(2)15(21)22/h12-14H,8-11H2,1-7H3,(H,21,22)(H,23,24). The molecular formula is C20H34O8. The van der Waals surface area contributed by atoms with Gasteiger partial charge in [-0.15, -0.1) is 0 Å². The number of rotatable bonds is 12. The molecule has 0 amide bonds. The van der Waals surface area contributed by atoms with Crippen molar-refractivity contribution in [3.05, 3.63) is 0 Å². The van der Waals surface area contributed by atoms with Crippen LogP contribution < -0.4 is 0 Å². The van der Waals surface area contributed by atoms with Crippen LogP contribution in [0.5, 0.6) is 0 Å². The van der Waals surface area contributed by atoms with Crippen LogP contribution in [0.3, 0.4) is 0 Å². The summed E-state index contributed by atoms with van der Waals surface area (Å²) in [4.78, 5) is 46.8. The monoisotopic (exact) mass is 402 g/mol. The minimum Gasteiger partial charge on any atom is -0.481 e. The van der Waals surface area contributed by atoms with Gasteiger partial charge in [0.2, 0.25) is 0 Å². The van der Waals surface area contributed by atoms with Crippen LogP contribution in [-0.2, 0) is 28.7 Å². The van der Waals surface area contributed by atoms with Crippen molar-refractivity contribution in [2.24, 2.45) is 22.7 Å². The largest absolute Gasteiger partial charge is 0.481 e. The topological polar surface area (TPSA) is 127 Å². The molecule has 0 heterocycles. The first-order valence-corrected chi connectivity index (χ1v) is 9.48. The van der Waals surface area contributed by atoms with E-state index in [-0.39, 0.29) is 19.4 Å². The molecule has 8 nitrogen and oxygen atoms in total. The molecule has 0 saturated heterocycles. The third-order valence-electron chi connectivity index (χ3n) is 4.71. The average Bonchev–Trinajstić information content (AvgIpc) is 2.56. The second-order valence-corrected chi connectivity index (χ2v) is 8.69. The van der Waals surface area contributed by atoms with E-state index in [2.05, 4.69) is 0 Å². The first kappa shape index (κ1) is 25.9. The maximum atomic E-state index is 12.4. The molecule has 0 aliphatic carbocycles. The molecule has 3 atom stereocenters. The van der Waals surface area contributed by atoms with Gasteiger partial charge in [0.1, 0.15) is 12.7 Å². The van der Waals surface area contributed by atoms with Crippen molar-refractivity contribution in [1.82, 2.24) is 0 Å². The van der Waals surface area contributed by atoms with Crippen molar-refractivity contribution < 1.29 is 38.9 Å². The number of esters is 2. The Labute approximate surface area is 166 Å². The Hall–Kier alpha value is -2.12. The number of ether oxygens (including phenoxy) is 2. The summed E-state index contributed by atoms with van der Waals surface area (Å²) >= 11 is 0. The van der Waals surface area contributed by atoms with E-state index in [9.17, 15) is 19.2 Å². The lowest BCUT2D eigenvalue weighted by Crippen LogP contribution is -2.36. The van der Waals surface area contributed by atoms with Crippen LogP contribution in [0.25, 0.3) is 0 Å². The van der Waals surface area contributed by atoms with Gasteiger partial charge < -0.3 is 19.7 Å². The van der Waals surface area contributed by atoms with Gasteiger partial charge >= 0.3 is 23.9 Å². The van der Waals surface area contributed by atoms with Gasteiger partial charge in [-0.25, -0.2) is 0 Å². The van der Waals surface area contributed by atoms with Crippen molar-refractivity contribution >= 4 is 23.9 Å². The molecule has 0 radical (unpaired) electrons. The Morgan fingerprint density at radius 3 is 1.57 bits per heavy atom. The van der Waals surface area contributed by atoms with Crippen molar-refractivity contribution in [2.45, 2.75) is 73.8 Å². The van der Waals surface area contributed by atoms with Crippen LogP contribution in [0.15, 0.2) is 0 Å². The van der Waals surface area contributed by atoms with Gasteiger partial charge in [0.25, 0.3) is 0 Å². The summed E-state index contributed by atoms with van der Waals surface area (Å²) in [5.41, 5.74) is -1.98. The first-order valence-electron chi connectivity index (χ1n) is 9.48. The number of carbonyl (C=O) groups excluding carboxylic acids is 2. The van der Waals surface area contributed by atoms with E-state index in [1.54, 1.807) is 34.6 Å². The fourth-order valence-corrected chi connectivity index (χ4v) is 2.78. The predicted octanol–water partition coefficient (Wildman–Crippen LogP) is 3.13. The summed E-state index contributed by atoms with van der Waals surface area (Å²) < 4.78 is 10.7. The maximum absolute atomic E-state index is 12.4. The van der Waals surface area contributed by atoms with Gasteiger partial charge in [-0.3, -0.25) is 19.2 Å². The Morgan fingerprint density at radius 1 is 0.821 bits per heavy atom. The Kier molecular flexibility index (Phi) is 9.64. The van der Waals surface area contributed by atoms with E-state index >= 15 is 0 Å². The Morgan fingerprint density at radius 2 is 1.21 bits per heavy atom. The number of hydrogen-bond acceptors (Lipinski definition) is 6. The highest BCUT2D eigenvalue weighted by Gasteiger charge is 2.36. The number of carboxylic acids is 2. The molecule has 8 heteroatoms. The molecule has 0 saturated carbocycles. The number of hydrogen-bond donors (Lipinski definition) is 2. The van der Waals surface area contributed by atoms with E-state index in [1.165, 1.54) is 13.8 Å². The first-order chi connectivity index (χ1) is 12.6. The number of carbonyl (C=O) groups is 4. The van der Waals surface area contributed by atoms with Crippen LogP contribution in [0, 0.1) is 22.7 Å². The van der Waals surface area contributed by atoms with Crippen molar-refractivity contribution in [3.8, 4) is 0 Å². The summed E-state index contributed by atoms with van der Waals surface area (Å²) in [5, 5.41) is 18.0. The van der Waals surface area contributed by atoms with E-state index in [1.807, 2.05) is 0 Å². The summed E-state index contributed by atoms with van der Waals surface area (Å²) in [6, 6.07) is 0. The molecule has 0 rings (SSSR count). The molecule has 0 aromatic carbocycles. The number of aliphatic carboxylic acids is 2. The number of carboxylic acid groups (broad SMARTS) is 2. The van der Waals surface area contributed by atoms with Gasteiger partial charge in [-0.2, -0.15) is 0 Å². The van der Waals surface area contributed by atoms with E-state index in [4.69, 9.17) is 19.7 Å². The highest BCUT2D eigenvalue weighted by molar-refractivity contribution is 5.78. The molecule has 162 valence electrons.